The Kier molecular flexibility index (Phi) is 5.49. The zero-order valence-electron chi connectivity index (χ0n) is 15.0. The van der Waals surface area contributed by atoms with Gasteiger partial charge in [-0.2, -0.15) is 0 Å². The summed E-state index contributed by atoms with van der Waals surface area (Å²) in [6.45, 7) is 2.84. The van der Waals surface area contributed by atoms with Crippen LogP contribution in [0.25, 0.3) is 0 Å². The molecule has 140 valence electrons. The molecule has 27 heavy (non-hydrogen) atoms. The van der Waals surface area contributed by atoms with Crippen LogP contribution in [-0.2, 0) is 0 Å². The van der Waals surface area contributed by atoms with Gasteiger partial charge >= 0.3 is 5.97 Å². The highest BCUT2D eigenvalue weighted by Crippen LogP contribution is 2.20. The van der Waals surface area contributed by atoms with Gasteiger partial charge in [-0.25, -0.2) is 9.78 Å². The van der Waals surface area contributed by atoms with Crippen molar-refractivity contribution in [2.45, 2.75) is 32.2 Å². The van der Waals surface area contributed by atoms with Gasteiger partial charge in [0.15, 0.2) is 0 Å². The monoisotopic (exact) mass is 367 g/mol. The number of carbonyl (C=O) groups is 3. The number of hydrogen-bond acceptors (Lipinski definition) is 4. The lowest BCUT2D eigenvalue weighted by atomic mass is 10.0. The molecule has 2 heterocycles. The summed E-state index contributed by atoms with van der Waals surface area (Å²) in [6.07, 6.45) is 4.42. The molecule has 1 aliphatic heterocycles. The first-order chi connectivity index (χ1) is 13.0. The summed E-state index contributed by atoms with van der Waals surface area (Å²) >= 11 is 0. The zero-order valence-corrected chi connectivity index (χ0v) is 15.0. The SMILES string of the molecule is CC1CCCCN1C(=O)c1ccc(NC(=O)c2ccc(C(=O)O)nc2)cc1. The van der Waals surface area contributed by atoms with Crippen molar-refractivity contribution in [2.24, 2.45) is 0 Å². The second-order valence-electron chi connectivity index (χ2n) is 6.61. The first-order valence-electron chi connectivity index (χ1n) is 8.87. The highest BCUT2D eigenvalue weighted by molar-refractivity contribution is 6.04. The Hall–Kier alpha value is -3.22. The number of nitrogens with zero attached hydrogens (tertiary/aromatic N) is 2. The lowest BCUT2D eigenvalue weighted by molar-refractivity contribution is 0.0634. The molecule has 7 nitrogen and oxygen atoms in total. The van der Waals surface area contributed by atoms with E-state index in [1.807, 2.05) is 4.90 Å². The summed E-state index contributed by atoms with van der Waals surface area (Å²) in [5.41, 5.74) is 1.27. The van der Waals surface area contributed by atoms with Crippen molar-refractivity contribution >= 4 is 23.5 Å². The predicted octanol–water partition coefficient (Wildman–Crippen LogP) is 3.05. The smallest absolute Gasteiger partial charge is 0.354 e. The molecule has 1 saturated heterocycles. The molecule has 2 aromatic rings. The minimum absolute atomic E-state index is 0.00790. The normalized spacial score (nSPS) is 16.6. The van der Waals surface area contributed by atoms with E-state index in [0.717, 1.165) is 25.8 Å². The van der Waals surface area contributed by atoms with Crippen LogP contribution in [0.15, 0.2) is 42.6 Å². The van der Waals surface area contributed by atoms with E-state index in [1.165, 1.54) is 18.3 Å². The Morgan fingerprint density at radius 2 is 1.78 bits per heavy atom. The third kappa shape index (κ3) is 4.31. The average molecular weight is 367 g/mol. The second kappa shape index (κ2) is 7.99. The number of pyridine rings is 1. The van der Waals surface area contributed by atoms with Gasteiger partial charge in [-0.15, -0.1) is 0 Å². The maximum absolute atomic E-state index is 12.6. The summed E-state index contributed by atoms with van der Waals surface area (Å²) < 4.78 is 0. The summed E-state index contributed by atoms with van der Waals surface area (Å²) in [5, 5.41) is 11.5. The van der Waals surface area contributed by atoms with Crippen LogP contribution in [0, 0.1) is 0 Å². The van der Waals surface area contributed by atoms with Crippen LogP contribution < -0.4 is 5.32 Å². The van der Waals surface area contributed by atoms with E-state index in [2.05, 4.69) is 17.2 Å². The number of likely N-dealkylation sites (tertiary alicyclic amines) is 1. The van der Waals surface area contributed by atoms with Crippen molar-refractivity contribution in [2.75, 3.05) is 11.9 Å². The van der Waals surface area contributed by atoms with Crippen molar-refractivity contribution < 1.29 is 19.5 Å². The van der Waals surface area contributed by atoms with E-state index in [1.54, 1.807) is 24.3 Å². The molecule has 0 radical (unpaired) electrons. The van der Waals surface area contributed by atoms with Crippen molar-refractivity contribution in [3.63, 3.8) is 0 Å². The van der Waals surface area contributed by atoms with E-state index in [4.69, 9.17) is 5.11 Å². The molecule has 1 fully saturated rings. The highest BCUT2D eigenvalue weighted by Gasteiger charge is 2.24. The minimum atomic E-state index is -1.15. The number of rotatable bonds is 4. The predicted molar refractivity (Wildman–Crippen MR) is 99.9 cm³/mol. The topological polar surface area (TPSA) is 99.6 Å². The molecule has 2 amide bonds. The van der Waals surface area contributed by atoms with Gasteiger partial charge in [0.1, 0.15) is 5.69 Å². The molecular formula is C20H21N3O4. The van der Waals surface area contributed by atoms with E-state index >= 15 is 0 Å². The van der Waals surface area contributed by atoms with Crippen molar-refractivity contribution in [3.05, 3.63) is 59.4 Å². The van der Waals surface area contributed by atoms with E-state index < -0.39 is 11.9 Å². The fraction of sp³-hybridized carbons (Fsp3) is 0.300. The fourth-order valence-electron chi connectivity index (χ4n) is 3.12. The van der Waals surface area contributed by atoms with Gasteiger partial charge in [0, 0.05) is 30.0 Å². The number of aromatic nitrogens is 1. The maximum Gasteiger partial charge on any atom is 0.354 e. The van der Waals surface area contributed by atoms with Crippen molar-refractivity contribution in [3.8, 4) is 0 Å². The van der Waals surface area contributed by atoms with Gasteiger partial charge in [0.25, 0.3) is 11.8 Å². The Morgan fingerprint density at radius 1 is 1.07 bits per heavy atom. The van der Waals surface area contributed by atoms with Gasteiger partial charge in [-0.05, 0) is 62.6 Å². The molecule has 0 aliphatic carbocycles. The molecule has 0 saturated carbocycles. The van der Waals surface area contributed by atoms with Gasteiger partial charge < -0.3 is 15.3 Å². The van der Waals surface area contributed by atoms with E-state index in [-0.39, 0.29) is 23.2 Å². The molecule has 1 aromatic carbocycles. The van der Waals surface area contributed by atoms with Gasteiger partial charge in [0.2, 0.25) is 0 Å². The Bertz CT molecular complexity index is 847. The molecule has 3 rings (SSSR count). The number of aromatic carboxylic acids is 1. The number of piperidine rings is 1. The number of amides is 2. The Morgan fingerprint density at radius 3 is 2.37 bits per heavy atom. The molecule has 2 N–H and O–H groups in total. The van der Waals surface area contributed by atoms with Crippen molar-refractivity contribution in [1.82, 2.24) is 9.88 Å². The maximum atomic E-state index is 12.6. The Labute approximate surface area is 157 Å². The van der Waals surface area contributed by atoms with Crippen molar-refractivity contribution in [1.29, 1.82) is 0 Å². The van der Waals surface area contributed by atoms with Crippen LogP contribution in [0.4, 0.5) is 5.69 Å². The number of carboxylic acids is 1. The molecule has 0 bridgehead atoms. The second-order valence-corrected chi connectivity index (χ2v) is 6.61. The van der Waals surface area contributed by atoms with E-state index in [0.29, 0.717) is 11.3 Å². The molecule has 0 spiro atoms. The molecule has 1 unspecified atom stereocenters. The lowest BCUT2D eigenvalue weighted by Crippen LogP contribution is -2.42. The number of anilines is 1. The van der Waals surface area contributed by atoms with Gasteiger partial charge in [-0.1, -0.05) is 0 Å². The Balaban J connectivity index is 1.65. The summed E-state index contributed by atoms with van der Waals surface area (Å²) in [5.74, 6) is -1.54. The zero-order chi connectivity index (χ0) is 19.4. The summed E-state index contributed by atoms with van der Waals surface area (Å²) in [7, 11) is 0. The largest absolute Gasteiger partial charge is 0.477 e. The van der Waals surface area contributed by atoms with Crippen LogP contribution in [0.3, 0.4) is 0 Å². The molecule has 1 atom stereocenters. The fourth-order valence-corrected chi connectivity index (χ4v) is 3.12. The standard InChI is InChI=1S/C20H21N3O4/c1-13-4-2-3-11-23(13)19(25)14-5-8-16(9-6-14)22-18(24)15-7-10-17(20(26)27)21-12-15/h5-10,12-13H,2-4,11H2,1H3,(H,22,24)(H,26,27). The third-order valence-electron chi connectivity index (χ3n) is 4.70. The first kappa shape index (κ1) is 18.6. The van der Waals surface area contributed by atoms with Crippen LogP contribution in [0.1, 0.15) is 57.4 Å². The lowest BCUT2D eigenvalue weighted by Gasteiger charge is -2.33. The van der Waals surface area contributed by atoms with Crippen LogP contribution in [0.5, 0.6) is 0 Å². The third-order valence-corrected chi connectivity index (χ3v) is 4.70. The van der Waals surface area contributed by atoms with Crippen LogP contribution in [0.2, 0.25) is 0 Å². The molecule has 1 aliphatic rings. The van der Waals surface area contributed by atoms with Gasteiger partial charge in [-0.3, -0.25) is 9.59 Å². The quantitative estimate of drug-likeness (QED) is 0.865. The number of hydrogen-bond donors (Lipinski definition) is 2. The summed E-state index contributed by atoms with van der Waals surface area (Å²) in [6, 6.07) is 9.68. The number of nitrogens with one attached hydrogen (secondary N) is 1. The van der Waals surface area contributed by atoms with E-state index in [9.17, 15) is 14.4 Å². The molecular weight excluding hydrogens is 346 g/mol. The van der Waals surface area contributed by atoms with Crippen LogP contribution in [-0.4, -0.2) is 45.4 Å². The number of carbonyl (C=O) groups excluding carboxylic acids is 2. The average Bonchev–Trinajstić information content (AvgIpc) is 2.68. The first-order valence-corrected chi connectivity index (χ1v) is 8.87. The highest BCUT2D eigenvalue weighted by atomic mass is 16.4. The molecule has 1 aromatic heterocycles. The van der Waals surface area contributed by atoms with Gasteiger partial charge in [0.05, 0.1) is 5.56 Å². The summed E-state index contributed by atoms with van der Waals surface area (Å²) in [4.78, 5) is 41.3. The van der Waals surface area contributed by atoms with Crippen LogP contribution >= 0.6 is 0 Å². The minimum Gasteiger partial charge on any atom is -0.477 e. The molecule has 7 heteroatoms. The number of carboxylic acid groups (broad SMARTS) is 1. The number of benzene rings is 1.